The molecule has 1 aromatic rings. The van der Waals surface area contributed by atoms with Crippen molar-refractivity contribution in [2.24, 2.45) is 5.73 Å². The molecule has 1 aromatic carbocycles. The van der Waals surface area contributed by atoms with E-state index in [-0.39, 0.29) is 24.1 Å². The largest absolute Gasteiger partial charge is 0.390 e. The minimum Gasteiger partial charge on any atom is -0.390 e. The molecule has 92 valence electrons. The number of aliphatic hydroxyl groups excluding tert-OH is 2. The average molecular weight is 242 g/mol. The summed E-state index contributed by atoms with van der Waals surface area (Å²) in [6.45, 7) is 0.129. The molecule has 0 saturated carbocycles. The zero-order valence-electron chi connectivity index (χ0n) is 8.90. The van der Waals surface area contributed by atoms with Crippen LogP contribution < -0.4 is 5.73 Å². The molecule has 2 atom stereocenters. The SMILES string of the molecule is N#Cc1cc(F)c(F)cc1C(O)C(O)CCN. The lowest BCUT2D eigenvalue weighted by Crippen LogP contribution is -2.22. The van der Waals surface area contributed by atoms with Crippen LogP contribution in [0.3, 0.4) is 0 Å². The zero-order chi connectivity index (χ0) is 13.0. The Morgan fingerprint density at radius 1 is 1.29 bits per heavy atom. The summed E-state index contributed by atoms with van der Waals surface area (Å²) >= 11 is 0. The molecule has 6 heteroatoms. The van der Waals surface area contributed by atoms with Crippen LogP contribution in [0.1, 0.15) is 23.7 Å². The van der Waals surface area contributed by atoms with E-state index < -0.39 is 23.8 Å². The van der Waals surface area contributed by atoms with E-state index in [0.717, 1.165) is 0 Å². The lowest BCUT2D eigenvalue weighted by Gasteiger charge is -2.18. The second-order valence-electron chi connectivity index (χ2n) is 3.55. The molecule has 2 unspecified atom stereocenters. The summed E-state index contributed by atoms with van der Waals surface area (Å²) in [5, 5.41) is 27.9. The van der Waals surface area contributed by atoms with Gasteiger partial charge in [-0.3, -0.25) is 0 Å². The van der Waals surface area contributed by atoms with Crippen molar-refractivity contribution in [3.8, 4) is 6.07 Å². The first-order valence-corrected chi connectivity index (χ1v) is 4.96. The Labute approximate surface area is 96.9 Å². The smallest absolute Gasteiger partial charge is 0.160 e. The van der Waals surface area contributed by atoms with Crippen molar-refractivity contribution in [2.45, 2.75) is 18.6 Å². The Kier molecular flexibility index (Phi) is 4.52. The molecule has 0 aromatic heterocycles. The average Bonchev–Trinajstić information content (AvgIpc) is 2.31. The highest BCUT2D eigenvalue weighted by Gasteiger charge is 2.22. The summed E-state index contributed by atoms with van der Waals surface area (Å²) in [7, 11) is 0. The van der Waals surface area contributed by atoms with Gasteiger partial charge in [0.25, 0.3) is 0 Å². The van der Waals surface area contributed by atoms with E-state index in [1.165, 1.54) is 0 Å². The fourth-order valence-corrected chi connectivity index (χ4v) is 1.44. The number of aliphatic hydroxyl groups is 2. The molecule has 0 aliphatic heterocycles. The Hall–Kier alpha value is -1.55. The highest BCUT2D eigenvalue weighted by Crippen LogP contribution is 2.24. The fraction of sp³-hybridized carbons (Fsp3) is 0.364. The summed E-state index contributed by atoms with van der Waals surface area (Å²) in [4.78, 5) is 0. The number of hydrogen-bond donors (Lipinski definition) is 3. The van der Waals surface area contributed by atoms with E-state index in [4.69, 9.17) is 11.0 Å². The third kappa shape index (κ3) is 2.97. The number of nitriles is 1. The molecule has 0 amide bonds. The predicted octanol–water partition coefficient (Wildman–Crippen LogP) is 0.580. The quantitative estimate of drug-likeness (QED) is 0.720. The van der Waals surface area contributed by atoms with Gasteiger partial charge >= 0.3 is 0 Å². The van der Waals surface area contributed by atoms with E-state index in [9.17, 15) is 19.0 Å². The summed E-state index contributed by atoms with van der Waals surface area (Å²) < 4.78 is 25.9. The van der Waals surface area contributed by atoms with E-state index in [1.807, 2.05) is 0 Å². The van der Waals surface area contributed by atoms with Crippen molar-refractivity contribution in [1.29, 1.82) is 5.26 Å². The van der Waals surface area contributed by atoms with Crippen LogP contribution in [0.2, 0.25) is 0 Å². The van der Waals surface area contributed by atoms with Crippen LogP contribution in [0.5, 0.6) is 0 Å². The van der Waals surface area contributed by atoms with Crippen LogP contribution in [0.4, 0.5) is 8.78 Å². The number of halogens is 2. The highest BCUT2D eigenvalue weighted by molar-refractivity contribution is 5.40. The van der Waals surface area contributed by atoms with Gasteiger partial charge in [-0.25, -0.2) is 8.78 Å². The monoisotopic (exact) mass is 242 g/mol. The molecular weight excluding hydrogens is 230 g/mol. The van der Waals surface area contributed by atoms with Gasteiger partial charge in [0, 0.05) is 5.56 Å². The van der Waals surface area contributed by atoms with Crippen molar-refractivity contribution in [3.63, 3.8) is 0 Å². The van der Waals surface area contributed by atoms with Gasteiger partial charge in [0.2, 0.25) is 0 Å². The molecule has 17 heavy (non-hydrogen) atoms. The minimum absolute atomic E-state index is 0.0883. The molecule has 0 saturated heterocycles. The van der Waals surface area contributed by atoms with Crippen molar-refractivity contribution in [1.82, 2.24) is 0 Å². The van der Waals surface area contributed by atoms with Crippen molar-refractivity contribution in [2.75, 3.05) is 6.54 Å². The first kappa shape index (κ1) is 13.5. The molecule has 0 fully saturated rings. The lowest BCUT2D eigenvalue weighted by atomic mass is 9.97. The molecule has 0 heterocycles. The Balaban J connectivity index is 3.13. The Morgan fingerprint density at radius 3 is 2.41 bits per heavy atom. The first-order chi connectivity index (χ1) is 8.01. The predicted molar refractivity (Wildman–Crippen MR) is 55.7 cm³/mol. The van der Waals surface area contributed by atoms with E-state index >= 15 is 0 Å². The second kappa shape index (κ2) is 5.68. The maximum absolute atomic E-state index is 13.0. The highest BCUT2D eigenvalue weighted by atomic mass is 19.2. The van der Waals surface area contributed by atoms with Crippen LogP contribution in [0.15, 0.2) is 12.1 Å². The number of hydrogen-bond acceptors (Lipinski definition) is 4. The second-order valence-corrected chi connectivity index (χ2v) is 3.55. The van der Waals surface area contributed by atoms with Gasteiger partial charge in [0.15, 0.2) is 11.6 Å². The molecule has 1 rings (SSSR count). The van der Waals surface area contributed by atoms with Gasteiger partial charge in [-0.05, 0) is 25.1 Å². The Bertz CT molecular complexity index is 446. The van der Waals surface area contributed by atoms with Crippen molar-refractivity contribution < 1.29 is 19.0 Å². The summed E-state index contributed by atoms with van der Waals surface area (Å²) in [6.07, 6.45) is -2.61. The van der Waals surface area contributed by atoms with Gasteiger partial charge in [0.1, 0.15) is 6.10 Å². The van der Waals surface area contributed by atoms with Crippen LogP contribution in [-0.4, -0.2) is 22.9 Å². The number of nitrogens with two attached hydrogens (primary N) is 1. The Morgan fingerprint density at radius 2 is 1.88 bits per heavy atom. The maximum Gasteiger partial charge on any atom is 0.160 e. The van der Waals surface area contributed by atoms with Crippen molar-refractivity contribution in [3.05, 3.63) is 34.9 Å². The van der Waals surface area contributed by atoms with E-state index in [1.54, 1.807) is 6.07 Å². The fourth-order valence-electron chi connectivity index (χ4n) is 1.44. The lowest BCUT2D eigenvalue weighted by molar-refractivity contribution is 0.0146. The normalized spacial score (nSPS) is 14.1. The topological polar surface area (TPSA) is 90.3 Å². The van der Waals surface area contributed by atoms with Gasteiger partial charge in [-0.2, -0.15) is 5.26 Å². The van der Waals surface area contributed by atoms with Crippen molar-refractivity contribution >= 4 is 0 Å². The van der Waals surface area contributed by atoms with Crippen LogP contribution >= 0.6 is 0 Å². The van der Waals surface area contributed by atoms with Crippen LogP contribution in [0.25, 0.3) is 0 Å². The van der Waals surface area contributed by atoms with Gasteiger partial charge in [-0.15, -0.1) is 0 Å². The molecule has 0 bridgehead atoms. The maximum atomic E-state index is 13.0. The summed E-state index contributed by atoms with van der Waals surface area (Å²) in [5.41, 5.74) is 4.84. The number of nitrogens with zero attached hydrogens (tertiary/aromatic N) is 1. The van der Waals surface area contributed by atoms with Gasteiger partial charge in [-0.1, -0.05) is 0 Å². The molecule has 0 radical (unpaired) electrons. The van der Waals surface area contributed by atoms with Gasteiger partial charge < -0.3 is 15.9 Å². The molecule has 0 aliphatic rings. The van der Waals surface area contributed by atoms with Crippen LogP contribution in [-0.2, 0) is 0 Å². The number of rotatable bonds is 4. The first-order valence-electron chi connectivity index (χ1n) is 4.96. The zero-order valence-corrected chi connectivity index (χ0v) is 8.90. The molecular formula is C11H12F2N2O2. The van der Waals surface area contributed by atoms with E-state index in [2.05, 4.69) is 0 Å². The molecule has 4 N–H and O–H groups in total. The van der Waals surface area contributed by atoms with Gasteiger partial charge in [0.05, 0.1) is 17.7 Å². The third-order valence-corrected chi connectivity index (χ3v) is 2.36. The standard InChI is InChI=1S/C11H12F2N2O2/c12-8-3-6(5-15)7(4-9(8)13)11(17)10(16)1-2-14/h3-4,10-11,16-17H,1-2,14H2. The summed E-state index contributed by atoms with van der Waals surface area (Å²) in [5.74, 6) is -2.36. The summed E-state index contributed by atoms with van der Waals surface area (Å²) in [6, 6.07) is 3.02. The molecule has 0 spiro atoms. The molecule has 0 aliphatic carbocycles. The number of benzene rings is 1. The minimum atomic E-state index is -1.47. The third-order valence-electron chi connectivity index (χ3n) is 2.36. The molecule has 4 nitrogen and oxygen atoms in total. The van der Waals surface area contributed by atoms with E-state index in [0.29, 0.717) is 12.1 Å². The van der Waals surface area contributed by atoms with Crippen LogP contribution in [0, 0.1) is 23.0 Å².